The lowest BCUT2D eigenvalue weighted by molar-refractivity contribution is 0.274. The number of nitrogens with one attached hydrogen (secondary N) is 2. The molecule has 0 amide bonds. The molecule has 1 atom stereocenters. The highest BCUT2D eigenvalue weighted by Gasteiger charge is 2.16. The zero-order chi connectivity index (χ0) is 21.0. The van der Waals surface area contributed by atoms with Crippen LogP contribution in [0, 0.1) is 0 Å². The molecule has 1 unspecified atom stereocenters. The molecule has 152 valence electrons. The monoisotopic (exact) mass is 452 g/mol. The summed E-state index contributed by atoms with van der Waals surface area (Å²) in [5.74, 6) is 1.14. The molecule has 10 heteroatoms. The van der Waals surface area contributed by atoms with Crippen LogP contribution in [0.25, 0.3) is 0 Å². The van der Waals surface area contributed by atoms with Gasteiger partial charge in [0.15, 0.2) is 0 Å². The molecule has 1 aromatic heterocycles. The molecular weight excluding hydrogens is 435 g/mol. The van der Waals surface area contributed by atoms with Crippen molar-refractivity contribution in [3.8, 4) is 11.5 Å². The molecule has 3 rings (SSSR count). The number of amidine groups is 1. The fraction of sp³-hybridized carbons (Fsp3) is 0.158. The summed E-state index contributed by atoms with van der Waals surface area (Å²) in [6.07, 6.45) is 0. The summed E-state index contributed by atoms with van der Waals surface area (Å²) < 4.78 is 8.39. The van der Waals surface area contributed by atoms with Crippen LogP contribution in [0.5, 0.6) is 11.5 Å². The van der Waals surface area contributed by atoms with Gasteiger partial charge in [0.25, 0.3) is 5.56 Å². The van der Waals surface area contributed by atoms with E-state index in [1.54, 1.807) is 49.4 Å². The molecule has 0 aliphatic rings. The van der Waals surface area contributed by atoms with Gasteiger partial charge in [0, 0.05) is 10.7 Å². The van der Waals surface area contributed by atoms with E-state index in [9.17, 15) is 4.79 Å². The van der Waals surface area contributed by atoms with E-state index in [0.717, 1.165) is 17.2 Å². The molecule has 0 saturated heterocycles. The van der Waals surface area contributed by atoms with Crippen LogP contribution in [0.4, 0.5) is 10.7 Å². The molecule has 0 spiro atoms. The number of H-pyrrole nitrogens is 1. The SMILES string of the molecule is CC(CO)N=C(N)c1c(Nc2ccc(Oc3ccc(Cl)cc3Cl)cc2)s[nH]c1=O. The zero-order valence-corrected chi connectivity index (χ0v) is 17.6. The number of aliphatic hydroxyl groups excluding tert-OH is 1. The fourth-order valence-corrected chi connectivity index (χ4v) is 3.60. The van der Waals surface area contributed by atoms with Gasteiger partial charge in [0.2, 0.25) is 0 Å². The molecule has 0 fully saturated rings. The molecule has 1 heterocycles. The van der Waals surface area contributed by atoms with Gasteiger partial charge in [-0.1, -0.05) is 23.2 Å². The second kappa shape index (κ2) is 9.32. The minimum absolute atomic E-state index is 0.0638. The molecule has 0 aliphatic carbocycles. The molecular formula is C19H18Cl2N4O3S. The van der Waals surface area contributed by atoms with Crippen molar-refractivity contribution in [2.24, 2.45) is 10.7 Å². The van der Waals surface area contributed by atoms with Crippen molar-refractivity contribution in [1.82, 2.24) is 4.37 Å². The normalized spacial score (nSPS) is 12.6. The quantitative estimate of drug-likeness (QED) is 0.314. The van der Waals surface area contributed by atoms with Crippen molar-refractivity contribution >= 4 is 51.3 Å². The minimum atomic E-state index is -0.404. The second-order valence-electron chi connectivity index (χ2n) is 6.11. The maximum atomic E-state index is 12.1. The Balaban J connectivity index is 1.77. The maximum Gasteiger partial charge on any atom is 0.271 e. The number of anilines is 2. The number of aliphatic hydroxyl groups is 1. The van der Waals surface area contributed by atoms with Gasteiger partial charge in [-0.15, -0.1) is 0 Å². The van der Waals surface area contributed by atoms with E-state index >= 15 is 0 Å². The maximum absolute atomic E-state index is 12.1. The Bertz CT molecular complexity index is 1080. The Morgan fingerprint density at radius 3 is 2.69 bits per heavy atom. The van der Waals surface area contributed by atoms with Gasteiger partial charge in [-0.3, -0.25) is 14.2 Å². The number of nitrogens with zero attached hydrogens (tertiary/aromatic N) is 1. The standard InChI is InChI=1S/C19H18Cl2N4O3S/c1-10(9-26)23-17(22)16-18(27)25-29-19(16)24-12-3-5-13(6-4-12)28-15-7-2-11(20)8-14(15)21/h2-8,10,24,26H,9H2,1H3,(H2,22,23)(H,25,27). The molecule has 3 aromatic rings. The largest absolute Gasteiger partial charge is 0.456 e. The molecule has 2 aromatic carbocycles. The van der Waals surface area contributed by atoms with E-state index in [2.05, 4.69) is 14.7 Å². The number of aromatic amines is 1. The lowest BCUT2D eigenvalue weighted by Crippen LogP contribution is -2.24. The third-order valence-corrected chi connectivity index (χ3v) is 5.14. The van der Waals surface area contributed by atoms with Gasteiger partial charge in [0.1, 0.15) is 27.9 Å². The van der Waals surface area contributed by atoms with Crippen LogP contribution in [0.1, 0.15) is 12.5 Å². The van der Waals surface area contributed by atoms with Crippen molar-refractivity contribution in [3.05, 3.63) is 68.4 Å². The van der Waals surface area contributed by atoms with Crippen molar-refractivity contribution in [2.75, 3.05) is 11.9 Å². The van der Waals surface area contributed by atoms with Crippen LogP contribution in [0.15, 0.2) is 52.3 Å². The average Bonchev–Trinajstić information content (AvgIpc) is 3.05. The summed E-state index contributed by atoms with van der Waals surface area (Å²) in [5, 5.41) is 13.7. The van der Waals surface area contributed by atoms with Crippen molar-refractivity contribution < 1.29 is 9.84 Å². The number of halogens is 2. The number of hydrogen-bond donors (Lipinski definition) is 4. The third kappa shape index (κ3) is 5.30. The average molecular weight is 453 g/mol. The molecule has 5 N–H and O–H groups in total. The van der Waals surface area contributed by atoms with E-state index in [1.807, 2.05) is 0 Å². The van der Waals surface area contributed by atoms with Crippen LogP contribution < -0.4 is 21.3 Å². The number of aromatic nitrogens is 1. The van der Waals surface area contributed by atoms with Crippen LogP contribution >= 0.6 is 34.7 Å². The predicted octanol–water partition coefficient (Wildman–Crippen LogP) is 4.37. The molecule has 7 nitrogen and oxygen atoms in total. The molecule has 0 radical (unpaired) electrons. The van der Waals surface area contributed by atoms with Crippen LogP contribution in [-0.2, 0) is 0 Å². The second-order valence-corrected chi connectivity index (χ2v) is 7.77. The van der Waals surface area contributed by atoms with E-state index in [1.165, 1.54) is 0 Å². The highest BCUT2D eigenvalue weighted by atomic mass is 35.5. The number of aliphatic imine (C=N–C) groups is 1. The van der Waals surface area contributed by atoms with Gasteiger partial charge < -0.3 is 20.9 Å². The third-order valence-electron chi connectivity index (χ3n) is 3.81. The lowest BCUT2D eigenvalue weighted by Gasteiger charge is -2.10. The summed E-state index contributed by atoms with van der Waals surface area (Å²) in [6.45, 7) is 1.54. The first-order valence-corrected chi connectivity index (χ1v) is 10.1. The van der Waals surface area contributed by atoms with E-state index in [-0.39, 0.29) is 23.6 Å². The summed E-state index contributed by atoms with van der Waals surface area (Å²) in [7, 11) is 0. The van der Waals surface area contributed by atoms with Crippen molar-refractivity contribution in [2.45, 2.75) is 13.0 Å². The summed E-state index contributed by atoms with van der Waals surface area (Å²) in [4.78, 5) is 16.2. The number of nitrogens with two attached hydrogens (primary N) is 1. The zero-order valence-electron chi connectivity index (χ0n) is 15.3. The molecule has 0 bridgehead atoms. The van der Waals surface area contributed by atoms with E-state index in [0.29, 0.717) is 26.5 Å². The van der Waals surface area contributed by atoms with Crippen LogP contribution in [0.2, 0.25) is 10.0 Å². The van der Waals surface area contributed by atoms with Gasteiger partial charge >= 0.3 is 0 Å². The minimum Gasteiger partial charge on any atom is -0.456 e. The highest BCUT2D eigenvalue weighted by Crippen LogP contribution is 2.32. The van der Waals surface area contributed by atoms with E-state index in [4.69, 9.17) is 38.8 Å². The van der Waals surface area contributed by atoms with Gasteiger partial charge in [-0.2, -0.15) is 0 Å². The van der Waals surface area contributed by atoms with Gasteiger partial charge in [-0.25, -0.2) is 0 Å². The van der Waals surface area contributed by atoms with Gasteiger partial charge in [-0.05, 0) is 60.9 Å². The number of rotatable bonds is 7. The van der Waals surface area contributed by atoms with Crippen LogP contribution in [0.3, 0.4) is 0 Å². The fourth-order valence-electron chi connectivity index (χ4n) is 2.39. The Labute approximate surface area is 180 Å². The molecule has 29 heavy (non-hydrogen) atoms. The summed E-state index contributed by atoms with van der Waals surface area (Å²) in [6, 6.07) is 11.7. The number of benzene rings is 2. The first kappa shape index (κ1) is 21.2. The topological polar surface area (TPSA) is 113 Å². The Morgan fingerprint density at radius 2 is 2.03 bits per heavy atom. The highest BCUT2D eigenvalue weighted by molar-refractivity contribution is 7.10. The summed E-state index contributed by atoms with van der Waals surface area (Å²) in [5.41, 5.74) is 6.56. The Morgan fingerprint density at radius 1 is 1.31 bits per heavy atom. The molecule has 0 aliphatic heterocycles. The van der Waals surface area contributed by atoms with Crippen molar-refractivity contribution in [3.63, 3.8) is 0 Å². The van der Waals surface area contributed by atoms with Gasteiger partial charge in [0.05, 0.1) is 17.7 Å². The number of ether oxygens (including phenoxy) is 1. The Kier molecular flexibility index (Phi) is 6.81. The summed E-state index contributed by atoms with van der Waals surface area (Å²) >= 11 is 13.1. The first-order chi connectivity index (χ1) is 13.9. The van der Waals surface area contributed by atoms with Crippen molar-refractivity contribution in [1.29, 1.82) is 0 Å². The van der Waals surface area contributed by atoms with Crippen LogP contribution in [-0.4, -0.2) is 28.0 Å². The number of hydrogen-bond acceptors (Lipinski definition) is 6. The smallest absolute Gasteiger partial charge is 0.271 e. The predicted molar refractivity (Wildman–Crippen MR) is 118 cm³/mol. The lowest BCUT2D eigenvalue weighted by atomic mass is 10.2. The Hall–Kier alpha value is -2.52. The molecule has 0 saturated carbocycles. The van der Waals surface area contributed by atoms with E-state index < -0.39 is 6.04 Å². The first-order valence-electron chi connectivity index (χ1n) is 8.53.